The smallest absolute Gasteiger partial charge is 0.302 e. The van der Waals surface area contributed by atoms with Gasteiger partial charge >= 0.3 is 5.97 Å². The number of hydrogen-bond donors (Lipinski definition) is 2. The highest BCUT2D eigenvalue weighted by atomic mass is 16.5. The second kappa shape index (κ2) is 26.8. The standard InChI is InChI=1S/C6H14O4.C4H10O.C3H6O2/c7-1-3-9-5-6-10-4-2-8;1-3-5-4-2;1-3(4)5-2/h7-8H,1-6H2;3-4H2,1-2H3;1-2H3. The van der Waals surface area contributed by atoms with Gasteiger partial charge in [0.2, 0.25) is 0 Å². The first kappa shape index (κ1) is 24.3. The molecule has 0 unspecified atom stereocenters. The molecule has 2 N–H and O–H groups in total. The minimum atomic E-state index is -0.245. The van der Waals surface area contributed by atoms with Crippen molar-refractivity contribution in [1.82, 2.24) is 0 Å². The summed E-state index contributed by atoms with van der Waals surface area (Å²) >= 11 is 0. The molecule has 0 aliphatic rings. The highest BCUT2D eigenvalue weighted by Crippen LogP contribution is 1.76. The molecule has 0 atom stereocenters. The number of carbonyl (C=O) groups is 1. The Morgan fingerprint density at radius 3 is 1.35 bits per heavy atom. The summed E-state index contributed by atoms with van der Waals surface area (Å²) in [6.07, 6.45) is 0. The zero-order chi connectivity index (χ0) is 16.1. The van der Waals surface area contributed by atoms with E-state index in [9.17, 15) is 4.79 Å². The summed E-state index contributed by atoms with van der Waals surface area (Å²) in [5.74, 6) is -0.245. The van der Waals surface area contributed by atoms with E-state index in [0.29, 0.717) is 26.4 Å². The van der Waals surface area contributed by atoms with Crippen LogP contribution < -0.4 is 0 Å². The molecular weight excluding hydrogens is 268 g/mol. The maximum absolute atomic E-state index is 9.59. The number of esters is 1. The van der Waals surface area contributed by atoms with Gasteiger partial charge in [0.1, 0.15) is 0 Å². The molecule has 0 rings (SSSR count). The van der Waals surface area contributed by atoms with Crippen LogP contribution in [-0.2, 0) is 23.7 Å². The molecule has 0 saturated carbocycles. The van der Waals surface area contributed by atoms with Gasteiger partial charge in [0.05, 0.1) is 46.8 Å². The second-order valence-electron chi connectivity index (χ2n) is 3.15. The lowest BCUT2D eigenvalue weighted by Gasteiger charge is -2.01. The Balaban J connectivity index is -0.000000244. The summed E-state index contributed by atoms with van der Waals surface area (Å²) < 4.78 is 18.7. The van der Waals surface area contributed by atoms with Crippen molar-refractivity contribution in [1.29, 1.82) is 0 Å². The molecule has 124 valence electrons. The van der Waals surface area contributed by atoms with E-state index in [4.69, 9.17) is 24.4 Å². The van der Waals surface area contributed by atoms with E-state index in [1.54, 1.807) is 0 Å². The Bertz CT molecular complexity index is 155. The lowest BCUT2D eigenvalue weighted by molar-refractivity contribution is -0.137. The molecule has 7 nitrogen and oxygen atoms in total. The quantitative estimate of drug-likeness (QED) is 0.464. The van der Waals surface area contributed by atoms with E-state index in [1.807, 2.05) is 13.8 Å². The largest absolute Gasteiger partial charge is 0.469 e. The van der Waals surface area contributed by atoms with Crippen LogP contribution >= 0.6 is 0 Å². The van der Waals surface area contributed by atoms with Crippen LogP contribution in [0.25, 0.3) is 0 Å². The number of aliphatic hydroxyl groups excluding tert-OH is 2. The van der Waals surface area contributed by atoms with Crippen LogP contribution in [0.4, 0.5) is 0 Å². The molecule has 0 fully saturated rings. The highest BCUT2D eigenvalue weighted by Gasteiger charge is 1.86. The van der Waals surface area contributed by atoms with E-state index in [0.717, 1.165) is 13.2 Å². The number of methoxy groups -OCH3 is 1. The van der Waals surface area contributed by atoms with Crippen LogP contribution in [0.5, 0.6) is 0 Å². The summed E-state index contributed by atoms with van der Waals surface area (Å²) in [5.41, 5.74) is 0. The third kappa shape index (κ3) is 43.3. The van der Waals surface area contributed by atoms with Gasteiger partial charge in [0.25, 0.3) is 0 Å². The summed E-state index contributed by atoms with van der Waals surface area (Å²) in [6.45, 7) is 8.76. The van der Waals surface area contributed by atoms with Gasteiger partial charge in [-0.2, -0.15) is 0 Å². The van der Waals surface area contributed by atoms with Gasteiger partial charge < -0.3 is 29.2 Å². The van der Waals surface area contributed by atoms with Gasteiger partial charge in [0, 0.05) is 20.1 Å². The lowest BCUT2D eigenvalue weighted by Crippen LogP contribution is -2.09. The van der Waals surface area contributed by atoms with Crippen LogP contribution in [-0.4, -0.2) is 76.1 Å². The van der Waals surface area contributed by atoms with E-state index in [-0.39, 0.29) is 19.2 Å². The molecule has 0 aromatic rings. The fraction of sp³-hybridized carbons (Fsp3) is 0.923. The van der Waals surface area contributed by atoms with Gasteiger partial charge in [-0.3, -0.25) is 4.79 Å². The summed E-state index contributed by atoms with van der Waals surface area (Å²) in [7, 11) is 1.35. The second-order valence-corrected chi connectivity index (χ2v) is 3.15. The van der Waals surface area contributed by atoms with Crippen molar-refractivity contribution in [3.8, 4) is 0 Å². The number of carbonyl (C=O) groups excluding carboxylic acids is 1. The van der Waals surface area contributed by atoms with E-state index >= 15 is 0 Å². The SMILES string of the molecule is CCOCC.COC(C)=O.OCCOCCOCCO. The number of aliphatic hydroxyl groups is 2. The first-order valence-electron chi connectivity index (χ1n) is 6.60. The van der Waals surface area contributed by atoms with Crippen molar-refractivity contribution in [2.45, 2.75) is 20.8 Å². The van der Waals surface area contributed by atoms with Gasteiger partial charge in [-0.25, -0.2) is 0 Å². The molecule has 7 heteroatoms. The topological polar surface area (TPSA) is 94.5 Å². The number of rotatable bonds is 9. The fourth-order valence-electron chi connectivity index (χ4n) is 0.655. The van der Waals surface area contributed by atoms with Crippen molar-refractivity contribution in [2.24, 2.45) is 0 Å². The van der Waals surface area contributed by atoms with Crippen LogP contribution in [0.2, 0.25) is 0 Å². The maximum atomic E-state index is 9.59. The van der Waals surface area contributed by atoms with Crippen molar-refractivity contribution in [3.05, 3.63) is 0 Å². The third-order valence-electron chi connectivity index (χ3n) is 1.54. The molecule has 0 bridgehead atoms. The van der Waals surface area contributed by atoms with Gasteiger partial charge in [-0.05, 0) is 13.8 Å². The Morgan fingerprint density at radius 2 is 1.20 bits per heavy atom. The molecule has 0 aliphatic carbocycles. The molecule has 0 aliphatic heterocycles. The molecule has 0 aromatic heterocycles. The molecule has 0 aromatic carbocycles. The van der Waals surface area contributed by atoms with Crippen LogP contribution in [0, 0.1) is 0 Å². The summed E-state index contributed by atoms with van der Waals surface area (Å²) in [5, 5.41) is 16.5. The minimum Gasteiger partial charge on any atom is -0.469 e. The summed E-state index contributed by atoms with van der Waals surface area (Å²) in [6, 6.07) is 0. The Kier molecular flexibility index (Phi) is 32.5. The Morgan fingerprint density at radius 1 is 0.850 bits per heavy atom. The maximum Gasteiger partial charge on any atom is 0.302 e. The van der Waals surface area contributed by atoms with Crippen molar-refractivity contribution >= 4 is 5.97 Å². The zero-order valence-electron chi connectivity index (χ0n) is 13.1. The number of ether oxygens (including phenoxy) is 4. The predicted molar refractivity (Wildman–Crippen MR) is 75.7 cm³/mol. The van der Waals surface area contributed by atoms with Crippen LogP contribution in [0.3, 0.4) is 0 Å². The van der Waals surface area contributed by atoms with Gasteiger partial charge in [-0.15, -0.1) is 0 Å². The van der Waals surface area contributed by atoms with E-state index in [2.05, 4.69) is 4.74 Å². The molecule has 0 saturated heterocycles. The molecule has 20 heavy (non-hydrogen) atoms. The normalized spacial score (nSPS) is 8.90. The molecular formula is C13H30O7. The van der Waals surface area contributed by atoms with Crippen molar-refractivity contribution in [3.63, 3.8) is 0 Å². The third-order valence-corrected chi connectivity index (χ3v) is 1.54. The average molecular weight is 298 g/mol. The van der Waals surface area contributed by atoms with Crippen molar-refractivity contribution in [2.75, 3.05) is 60.0 Å². The first-order valence-corrected chi connectivity index (χ1v) is 6.60. The fourth-order valence-corrected chi connectivity index (χ4v) is 0.655. The molecule has 0 heterocycles. The van der Waals surface area contributed by atoms with Crippen LogP contribution in [0.15, 0.2) is 0 Å². The molecule has 0 amide bonds. The van der Waals surface area contributed by atoms with E-state index in [1.165, 1.54) is 14.0 Å². The molecule has 0 radical (unpaired) electrons. The van der Waals surface area contributed by atoms with Gasteiger partial charge in [0.15, 0.2) is 0 Å². The monoisotopic (exact) mass is 298 g/mol. The minimum absolute atomic E-state index is 0.0417. The lowest BCUT2D eigenvalue weighted by atomic mass is 10.7. The van der Waals surface area contributed by atoms with Crippen LogP contribution in [0.1, 0.15) is 20.8 Å². The average Bonchev–Trinajstić information content (AvgIpc) is 2.45. The summed E-state index contributed by atoms with van der Waals surface area (Å²) in [4.78, 5) is 9.59. The van der Waals surface area contributed by atoms with Gasteiger partial charge in [-0.1, -0.05) is 0 Å². The number of hydrogen-bond acceptors (Lipinski definition) is 7. The van der Waals surface area contributed by atoms with E-state index < -0.39 is 0 Å². The predicted octanol–water partition coefficient (Wildman–Crippen LogP) is 0.226. The Hall–Kier alpha value is -0.730. The zero-order valence-corrected chi connectivity index (χ0v) is 13.1. The highest BCUT2D eigenvalue weighted by molar-refractivity contribution is 5.65. The Labute approximate surface area is 121 Å². The van der Waals surface area contributed by atoms with Crippen molar-refractivity contribution < 1.29 is 34.0 Å². The molecule has 0 spiro atoms. The first-order chi connectivity index (χ1) is 9.60.